The second-order valence-electron chi connectivity index (χ2n) is 4.77. The van der Waals surface area contributed by atoms with Crippen LogP contribution in [0.1, 0.15) is 18.4 Å². The van der Waals surface area contributed by atoms with Gasteiger partial charge in [0, 0.05) is 18.8 Å². The molecule has 2 heterocycles. The first-order valence-electron chi connectivity index (χ1n) is 5.60. The fourth-order valence-corrected chi connectivity index (χ4v) is 2.83. The summed E-state index contributed by atoms with van der Waals surface area (Å²) in [5.41, 5.74) is 2.03. The minimum absolute atomic E-state index is 0.751. The number of nitriles is 1. The van der Waals surface area contributed by atoms with E-state index in [1.54, 1.807) is 0 Å². The van der Waals surface area contributed by atoms with Crippen LogP contribution in [0.5, 0.6) is 0 Å². The molecule has 2 bridgehead atoms. The SMILES string of the molecule is N#Cc1ccc(N2CC3CC(C3)C2)cc1. The second kappa shape index (κ2) is 3.27. The third kappa shape index (κ3) is 1.48. The maximum atomic E-state index is 8.72. The van der Waals surface area contributed by atoms with Crippen molar-refractivity contribution in [2.75, 3.05) is 18.0 Å². The molecule has 0 unspecified atom stereocenters. The standard InChI is InChI=1S/C13H14N2/c14-7-10-1-3-13(4-2-10)15-8-11-5-12(6-11)9-15/h1-4,11-12H,5-6,8-9H2. The van der Waals surface area contributed by atoms with Gasteiger partial charge in [-0.3, -0.25) is 0 Å². The van der Waals surface area contributed by atoms with Crippen molar-refractivity contribution in [1.82, 2.24) is 0 Å². The smallest absolute Gasteiger partial charge is 0.0991 e. The first-order chi connectivity index (χ1) is 7.35. The average molecular weight is 198 g/mol. The van der Waals surface area contributed by atoms with Gasteiger partial charge in [0.15, 0.2) is 0 Å². The molecule has 76 valence electrons. The Bertz CT molecular complexity index is 386. The topological polar surface area (TPSA) is 27.0 Å². The molecule has 1 aliphatic carbocycles. The van der Waals surface area contributed by atoms with Crippen LogP contribution in [0.4, 0.5) is 5.69 Å². The molecule has 0 radical (unpaired) electrons. The molecule has 2 saturated heterocycles. The van der Waals surface area contributed by atoms with Crippen LogP contribution < -0.4 is 4.90 Å². The normalized spacial score (nSPS) is 28.1. The summed E-state index contributed by atoms with van der Waals surface area (Å²) < 4.78 is 0. The van der Waals surface area contributed by atoms with E-state index in [-0.39, 0.29) is 0 Å². The number of hydrogen-bond acceptors (Lipinski definition) is 2. The van der Waals surface area contributed by atoms with E-state index in [2.05, 4.69) is 23.1 Å². The van der Waals surface area contributed by atoms with E-state index in [9.17, 15) is 0 Å². The molecule has 15 heavy (non-hydrogen) atoms. The minimum Gasteiger partial charge on any atom is -0.371 e. The van der Waals surface area contributed by atoms with Gasteiger partial charge < -0.3 is 4.90 Å². The van der Waals surface area contributed by atoms with E-state index in [4.69, 9.17) is 5.26 Å². The van der Waals surface area contributed by atoms with Crippen molar-refractivity contribution >= 4 is 5.69 Å². The van der Waals surface area contributed by atoms with Gasteiger partial charge in [-0.1, -0.05) is 0 Å². The van der Waals surface area contributed by atoms with Crippen molar-refractivity contribution in [2.45, 2.75) is 12.8 Å². The predicted molar refractivity (Wildman–Crippen MR) is 59.6 cm³/mol. The monoisotopic (exact) mass is 198 g/mol. The molecule has 0 amide bonds. The fourth-order valence-electron chi connectivity index (χ4n) is 2.83. The van der Waals surface area contributed by atoms with Gasteiger partial charge in [0.25, 0.3) is 0 Å². The second-order valence-corrected chi connectivity index (χ2v) is 4.77. The molecular weight excluding hydrogens is 184 g/mol. The molecule has 2 nitrogen and oxygen atoms in total. The lowest BCUT2D eigenvalue weighted by atomic mass is 9.71. The molecule has 4 rings (SSSR count). The Morgan fingerprint density at radius 2 is 1.67 bits per heavy atom. The lowest BCUT2D eigenvalue weighted by Crippen LogP contribution is -2.48. The van der Waals surface area contributed by atoms with Crippen LogP contribution in [-0.2, 0) is 0 Å². The molecule has 3 aliphatic rings. The first kappa shape index (κ1) is 8.79. The van der Waals surface area contributed by atoms with E-state index < -0.39 is 0 Å². The van der Waals surface area contributed by atoms with E-state index in [1.165, 1.54) is 31.6 Å². The summed E-state index contributed by atoms with van der Waals surface area (Å²) in [4.78, 5) is 2.46. The summed E-state index contributed by atoms with van der Waals surface area (Å²) in [5, 5.41) is 8.72. The van der Waals surface area contributed by atoms with Crippen LogP contribution in [-0.4, -0.2) is 13.1 Å². The highest BCUT2D eigenvalue weighted by atomic mass is 15.2. The minimum atomic E-state index is 0.751. The van der Waals surface area contributed by atoms with E-state index in [1.807, 2.05) is 12.1 Å². The molecular formula is C13H14N2. The zero-order chi connectivity index (χ0) is 10.3. The van der Waals surface area contributed by atoms with Crippen LogP contribution in [0.15, 0.2) is 24.3 Å². The Balaban J connectivity index is 1.78. The summed E-state index contributed by atoms with van der Waals surface area (Å²) >= 11 is 0. The average Bonchev–Trinajstić information content (AvgIpc) is 2.28. The van der Waals surface area contributed by atoms with Gasteiger partial charge in [-0.15, -0.1) is 0 Å². The Kier molecular flexibility index (Phi) is 1.92. The molecule has 1 aromatic carbocycles. The Morgan fingerprint density at radius 1 is 1.07 bits per heavy atom. The summed E-state index contributed by atoms with van der Waals surface area (Å²) in [6.45, 7) is 2.42. The highest BCUT2D eigenvalue weighted by molar-refractivity contribution is 5.50. The number of rotatable bonds is 1. The van der Waals surface area contributed by atoms with Gasteiger partial charge in [-0.25, -0.2) is 0 Å². The number of nitrogens with zero attached hydrogens (tertiary/aromatic N) is 2. The quantitative estimate of drug-likeness (QED) is 0.693. The van der Waals surface area contributed by atoms with Crippen LogP contribution in [0.25, 0.3) is 0 Å². The van der Waals surface area contributed by atoms with Gasteiger partial charge in [0.05, 0.1) is 11.6 Å². The zero-order valence-electron chi connectivity index (χ0n) is 8.69. The first-order valence-corrected chi connectivity index (χ1v) is 5.60. The number of hydrogen-bond donors (Lipinski definition) is 0. The molecule has 0 spiro atoms. The number of fused-ring (bicyclic) bond motifs is 2. The highest BCUT2D eigenvalue weighted by Crippen LogP contribution is 2.40. The van der Waals surface area contributed by atoms with Crippen LogP contribution >= 0.6 is 0 Å². The maximum Gasteiger partial charge on any atom is 0.0991 e. The van der Waals surface area contributed by atoms with Gasteiger partial charge >= 0.3 is 0 Å². The molecule has 3 fully saturated rings. The maximum absolute atomic E-state index is 8.72. The Labute approximate surface area is 90.1 Å². The summed E-state index contributed by atoms with van der Waals surface area (Å²) in [6, 6.07) is 10.1. The number of anilines is 1. The molecule has 0 N–H and O–H groups in total. The lowest BCUT2D eigenvalue weighted by molar-refractivity contribution is 0.159. The third-order valence-electron chi connectivity index (χ3n) is 3.65. The van der Waals surface area contributed by atoms with Gasteiger partial charge in [0.1, 0.15) is 0 Å². The molecule has 1 aromatic rings. The van der Waals surface area contributed by atoms with Crippen LogP contribution in [0.3, 0.4) is 0 Å². The lowest BCUT2D eigenvalue weighted by Gasteiger charge is -2.48. The number of benzene rings is 1. The molecule has 1 saturated carbocycles. The predicted octanol–water partition coefficient (Wildman–Crippen LogP) is 2.40. The van der Waals surface area contributed by atoms with Gasteiger partial charge in [0.2, 0.25) is 0 Å². The molecule has 0 aromatic heterocycles. The third-order valence-corrected chi connectivity index (χ3v) is 3.65. The summed E-state index contributed by atoms with van der Waals surface area (Å²) in [6.07, 6.45) is 2.87. The van der Waals surface area contributed by atoms with Gasteiger partial charge in [-0.05, 0) is 48.9 Å². The van der Waals surface area contributed by atoms with Crippen molar-refractivity contribution in [2.24, 2.45) is 11.8 Å². The van der Waals surface area contributed by atoms with Crippen molar-refractivity contribution in [3.8, 4) is 6.07 Å². The summed E-state index contributed by atoms with van der Waals surface area (Å²) in [5.74, 6) is 1.86. The van der Waals surface area contributed by atoms with Crippen LogP contribution in [0, 0.1) is 23.2 Å². The molecule has 2 aliphatic heterocycles. The largest absolute Gasteiger partial charge is 0.371 e. The van der Waals surface area contributed by atoms with Crippen molar-refractivity contribution in [3.05, 3.63) is 29.8 Å². The molecule has 2 heteroatoms. The van der Waals surface area contributed by atoms with E-state index in [0.717, 1.165) is 17.4 Å². The Morgan fingerprint density at radius 3 is 2.20 bits per heavy atom. The highest BCUT2D eigenvalue weighted by Gasteiger charge is 2.36. The van der Waals surface area contributed by atoms with E-state index in [0.29, 0.717) is 0 Å². The van der Waals surface area contributed by atoms with Crippen molar-refractivity contribution in [1.29, 1.82) is 5.26 Å². The number of piperidine rings is 2. The van der Waals surface area contributed by atoms with E-state index >= 15 is 0 Å². The fraction of sp³-hybridized carbons (Fsp3) is 0.462. The zero-order valence-corrected chi connectivity index (χ0v) is 8.69. The molecule has 0 atom stereocenters. The van der Waals surface area contributed by atoms with Crippen molar-refractivity contribution in [3.63, 3.8) is 0 Å². The summed E-state index contributed by atoms with van der Waals surface area (Å²) in [7, 11) is 0. The van der Waals surface area contributed by atoms with Crippen LogP contribution in [0.2, 0.25) is 0 Å². The van der Waals surface area contributed by atoms with Gasteiger partial charge in [-0.2, -0.15) is 5.26 Å². The van der Waals surface area contributed by atoms with Crippen molar-refractivity contribution < 1.29 is 0 Å². The Hall–Kier alpha value is -1.49.